The van der Waals surface area contributed by atoms with E-state index in [0.29, 0.717) is 105 Å². The maximum absolute atomic E-state index is 13.0. The number of esters is 3. The number of nitrogens with zero attached hydrogens (tertiary/aromatic N) is 1. The van der Waals surface area contributed by atoms with Gasteiger partial charge in [-0.25, -0.2) is 28.5 Å². The zero-order chi connectivity index (χ0) is 103. The number of fused-ring (bicyclic) bond motifs is 9. The average Bonchev–Trinajstić information content (AvgIpc) is 1.62. The second-order valence-electron chi connectivity index (χ2n) is 37.8. The summed E-state index contributed by atoms with van der Waals surface area (Å²) < 4.78 is 50.5. The van der Waals surface area contributed by atoms with Gasteiger partial charge in [0.2, 0.25) is 0 Å². The number of nitrogens with one attached hydrogen (secondary N) is 2. The van der Waals surface area contributed by atoms with Gasteiger partial charge in [-0.2, -0.15) is 9.59 Å². The van der Waals surface area contributed by atoms with Crippen molar-refractivity contribution in [2.24, 2.45) is 32.1 Å². The van der Waals surface area contributed by atoms with Gasteiger partial charge >= 0.3 is 60.7 Å². The molecule has 6 aromatic rings. The van der Waals surface area contributed by atoms with Crippen LogP contribution in [0, 0.1) is 27.6 Å². The topological polar surface area (TPSA) is 436 Å². The van der Waals surface area contributed by atoms with Gasteiger partial charge in [-0.15, -0.1) is 0 Å². The van der Waals surface area contributed by atoms with Gasteiger partial charge in [0.05, 0.1) is 44.0 Å². The first-order chi connectivity index (χ1) is 68.7. The Morgan fingerprint density at radius 1 is 0.371 bits per heavy atom. The largest absolute Gasteiger partial charge is 0.516 e. The van der Waals surface area contributed by atoms with Crippen LogP contribution in [-0.2, 0) is 90.4 Å². The Morgan fingerprint density at radius 2 is 0.643 bits per heavy atom. The van der Waals surface area contributed by atoms with E-state index < -0.39 is 88.4 Å². The van der Waals surface area contributed by atoms with E-state index in [9.17, 15) is 72.5 Å². The molecule has 30 nitrogen and oxygen atoms in total. The number of carboxylic acids is 1. The molecule has 143 heavy (non-hydrogen) atoms. The first-order valence-electron chi connectivity index (χ1n) is 48.9. The molecule has 11 atom stereocenters. The van der Waals surface area contributed by atoms with Gasteiger partial charge in [-0.3, -0.25) is 38.4 Å². The molecule has 0 spiro atoms. The fraction of sp³-hybridized carbons (Fsp3) is 0.459. The Kier molecular flexibility index (Phi) is 45.9. The number of Topliss-reactive ketones (excluding diaryl/α,β-unsaturated/α-hetero) is 4. The van der Waals surface area contributed by atoms with Crippen molar-refractivity contribution in [1.82, 2.24) is 10.6 Å². The fourth-order valence-electron chi connectivity index (χ4n) is 18.9. The van der Waals surface area contributed by atoms with Gasteiger partial charge in [-0.1, -0.05) is 229 Å². The molecule has 14 rings (SSSR count). The maximum Gasteiger partial charge on any atom is 0.516 e. The zero-order valence-corrected chi connectivity index (χ0v) is 84.4. The lowest BCUT2D eigenvalue weighted by molar-refractivity contribution is -0.192. The monoisotopic (exact) mass is 2000 g/mol. The minimum absolute atomic E-state index is 0.00814. The van der Waals surface area contributed by atoms with E-state index >= 15 is 0 Å². The lowest BCUT2D eigenvalue weighted by atomic mass is 9.74. The molecule has 0 aromatic heterocycles. The van der Waals surface area contributed by atoms with Crippen LogP contribution in [0.5, 0.6) is 0 Å². The van der Waals surface area contributed by atoms with Crippen LogP contribution in [0.4, 0.5) is 24.0 Å². The first-order valence-corrected chi connectivity index (χ1v) is 50.2. The Balaban J connectivity index is 0.000000207. The number of aliphatic hydroxyl groups is 2. The van der Waals surface area contributed by atoms with Crippen LogP contribution >= 0.6 is 18.0 Å². The Hall–Kier alpha value is -12.7. The molecule has 0 fully saturated rings. The van der Waals surface area contributed by atoms with Gasteiger partial charge < -0.3 is 68.4 Å². The molecule has 8 aliphatic rings. The number of carbonyl (C=O) groups excluding carboxylic acids is 14. The Labute approximate surface area is 839 Å². The van der Waals surface area contributed by atoms with E-state index in [1.165, 1.54) is 26.9 Å². The number of allylic oxidation sites excluding steroid dienone is 5. The first kappa shape index (κ1) is 114. The van der Waals surface area contributed by atoms with Crippen molar-refractivity contribution in [3.8, 4) is 33.4 Å². The highest BCUT2D eigenvalue weighted by Crippen LogP contribution is 2.49. The summed E-state index contributed by atoms with van der Waals surface area (Å²) in [6, 6.07) is 47.9. The van der Waals surface area contributed by atoms with E-state index in [1.54, 1.807) is 6.08 Å². The predicted octanol–water partition coefficient (Wildman–Crippen LogP) is 22.0. The van der Waals surface area contributed by atoms with E-state index in [4.69, 9.17) is 57.1 Å². The minimum Gasteiger partial charge on any atom is -0.481 e. The number of rotatable bonds is 26. The third-order valence-corrected chi connectivity index (χ3v) is 28.3. The van der Waals surface area contributed by atoms with Gasteiger partial charge in [0.1, 0.15) is 55.2 Å². The molecule has 0 saturated heterocycles. The van der Waals surface area contributed by atoms with E-state index in [-0.39, 0.29) is 137 Å². The van der Waals surface area contributed by atoms with Gasteiger partial charge in [-0.05, 0) is 223 Å². The number of carbonyl (C=O) groups is 13. The number of carboxylic acid groups (broad SMARTS) is 1. The Morgan fingerprint density at radius 3 is 0.951 bits per heavy atom. The molecule has 5 N–H and O–H groups in total. The maximum atomic E-state index is 13.0. The number of alkyl carbamates (subject to hydrolysis) is 2. The van der Waals surface area contributed by atoms with Crippen molar-refractivity contribution in [3.05, 3.63) is 240 Å². The van der Waals surface area contributed by atoms with Crippen molar-refractivity contribution in [2.75, 3.05) is 33.9 Å². The number of hydrogen-bond donors (Lipinski definition) is 5. The summed E-state index contributed by atoms with van der Waals surface area (Å²) in [4.78, 5) is 174. The molecule has 2 amide bonds. The third kappa shape index (κ3) is 35.1. The van der Waals surface area contributed by atoms with E-state index in [0.717, 1.165) is 91.9 Å². The summed E-state index contributed by atoms with van der Waals surface area (Å²) >= 11 is 0. The minimum atomic E-state index is -1.07. The summed E-state index contributed by atoms with van der Waals surface area (Å²) in [6.07, 6.45) is 27.6. The van der Waals surface area contributed by atoms with E-state index in [1.807, 2.05) is 222 Å². The van der Waals surface area contributed by atoms with Crippen LogP contribution in [-0.4, -0.2) is 164 Å². The van der Waals surface area contributed by atoms with Crippen LogP contribution < -0.4 is 10.6 Å². The molecule has 0 aliphatic heterocycles. The molecule has 0 radical (unpaired) electrons. The van der Waals surface area contributed by atoms with Crippen molar-refractivity contribution < 1.29 is 130 Å². The third-order valence-electron chi connectivity index (χ3n) is 27.6. The SMILES string of the molecule is CNC(=O)O[C@H]1/C=C/CC[C@@](C)(C(=O)CCC(=O)O)CC1.CNC(=O)O[C@H]1/C=C/CC[C@@](C)(C(=O)CCC(=O)OC(=O)OCC2c3ccccc3-c3ccccc32)CC1.C[C@@]1(C(=O)CCC(=O)OC(=O)OCC2c3ccccc3-c3ccccc32)CC/C=C/[C@H](O)CC1.C[C@@]1(C(=O)CCC(=O)OC(=O)OCC2c3ccccc3-c3ccccc32)CC/C=C/[C@H](OP=NP)CC1.C[C@H]1CC/C=C/[C@H](O)CC1.O=C=O. The summed E-state index contributed by atoms with van der Waals surface area (Å²) in [7, 11) is 5.77. The standard InChI is InChI=1S/C30H33NO7.C28H31NO6P2.C28H30O6.C15H23NO5.C9H16O.CO2/c1-30(17-8-7-9-20(16-18-30)37-28(34)31-2)26(32)14-15-27(33)38-29(35)36-19-25-23-12-5-3-10-21(23)22-11-4-6-13-24(22)25;1-28(16-7-6-8-19(15-17-28)35-37-29-36)25(30)13-14-26(31)34-27(32)33-18-24-22-11-4-2-9-20(22)21-10-3-5-12-23(21)24;1-28(16-7-6-8-19(29)15-17-28)25(30)13-14-26(31)34-27(32)33-18-24-22-11-4-2-9-20(22)21-10-3-5-12-23(21)24;1-15(12(17)6-7-13(18)19)9-4-3-5-11(8-10-15)21-14(20)16-2;1-8-4-2-3-5-9(10)7-6-8;2-1-3/h3-7,9-13,20,25H,8,14-19H2,1-2H3,(H,31,34);2-6,8-12,19,24H,7,13-18,36H2,1H3;2-6,8-12,19,24,29H,7,13-18H2,1H3;3,5,11H,4,6-10H2,1-2H3,(H,16,20)(H,18,19);3,5,8-10H,2,4,6-7H2,1H3;/b9-7+;2*8-6+;2*5-3+;/t20-,30+;2*19-,28+;11-,15+;8-,9-;/m00000./s1. The Bertz CT molecular complexity index is 5480. The second kappa shape index (κ2) is 57.6. The van der Waals surface area contributed by atoms with Crippen LogP contribution in [0.15, 0.2) is 211 Å². The van der Waals surface area contributed by atoms with Crippen LogP contribution in [0.3, 0.4) is 0 Å². The number of benzene rings is 6. The van der Waals surface area contributed by atoms with Gasteiger partial charge in [0.15, 0.2) is 8.60 Å². The van der Waals surface area contributed by atoms with Crippen molar-refractivity contribution in [1.29, 1.82) is 0 Å². The highest BCUT2D eigenvalue weighted by molar-refractivity contribution is 7.31. The summed E-state index contributed by atoms with van der Waals surface area (Å²) in [6.45, 7) is 9.97. The quantitative estimate of drug-likeness (QED) is 0.0111. The number of ketones is 4. The number of aliphatic carboxylic acids is 1. The normalized spacial score (nSPS) is 23.4. The summed E-state index contributed by atoms with van der Waals surface area (Å²) in [5, 5.41) is 32.6. The molecule has 32 heteroatoms. The summed E-state index contributed by atoms with van der Waals surface area (Å²) in [5.74, 6) is -3.09. The number of amides is 2. The fourth-order valence-corrected chi connectivity index (χ4v) is 19.4. The molecule has 0 bridgehead atoms. The van der Waals surface area contributed by atoms with Crippen LogP contribution in [0.1, 0.15) is 266 Å². The molecule has 0 heterocycles. The van der Waals surface area contributed by atoms with Crippen molar-refractivity contribution >= 4 is 102 Å². The molecule has 6 aromatic carbocycles. The molecular weight excluding hydrogens is 1870 g/mol. The number of hydrogen-bond acceptors (Lipinski definition) is 27. The van der Waals surface area contributed by atoms with Crippen LogP contribution in [0.2, 0.25) is 0 Å². The number of ether oxygens (including phenoxy) is 8. The second-order valence-corrected chi connectivity index (χ2v) is 39.1. The number of aliphatic hydroxyl groups excluding tert-OH is 2. The van der Waals surface area contributed by atoms with E-state index in [2.05, 4.69) is 37.5 Å². The smallest absolute Gasteiger partial charge is 0.481 e. The highest BCUT2D eigenvalue weighted by Gasteiger charge is 2.41. The molecular formula is C111H133N3O27P2. The molecule has 764 valence electrons. The lowest BCUT2D eigenvalue weighted by Crippen LogP contribution is -2.32. The van der Waals surface area contributed by atoms with Crippen molar-refractivity contribution in [3.63, 3.8) is 0 Å². The molecule has 0 saturated carbocycles. The predicted molar refractivity (Wildman–Crippen MR) is 537 cm³/mol. The average molecular weight is 2000 g/mol. The zero-order valence-electron chi connectivity index (χ0n) is 82.4. The van der Waals surface area contributed by atoms with Crippen LogP contribution in [0.25, 0.3) is 33.4 Å². The molecule has 8 aliphatic carbocycles. The highest BCUT2D eigenvalue weighted by atomic mass is 31.1. The summed E-state index contributed by atoms with van der Waals surface area (Å²) in [5.41, 5.74) is 10.7. The van der Waals surface area contributed by atoms with Crippen molar-refractivity contribution in [2.45, 2.75) is 263 Å². The van der Waals surface area contributed by atoms with Gasteiger partial charge in [0.25, 0.3) is 0 Å². The molecule has 1 unspecified atom stereocenters. The lowest BCUT2D eigenvalue weighted by Gasteiger charge is -2.30. The van der Waals surface area contributed by atoms with Gasteiger partial charge in [0, 0.05) is 79.2 Å².